The quantitative estimate of drug-likeness (QED) is 0.453. The van der Waals surface area contributed by atoms with Gasteiger partial charge in [-0.3, -0.25) is 0 Å². The molecular weight excluding hydrogens is 393 g/mol. The lowest BCUT2D eigenvalue weighted by atomic mass is 10.1. The minimum atomic E-state index is -0.448. The Balaban J connectivity index is 1.80. The molecule has 2 heterocycles. The van der Waals surface area contributed by atoms with Crippen LogP contribution in [0.2, 0.25) is 0 Å². The number of benzene rings is 2. The summed E-state index contributed by atoms with van der Waals surface area (Å²) in [6.07, 6.45) is 1.32. The summed E-state index contributed by atoms with van der Waals surface area (Å²) in [7, 11) is 3.14. The number of nitrogens with zero attached hydrogens (tertiary/aromatic N) is 3. The Morgan fingerprint density at radius 2 is 1.93 bits per heavy atom. The van der Waals surface area contributed by atoms with Gasteiger partial charge in [0.15, 0.2) is 11.6 Å². The fraction of sp³-hybridized carbons (Fsp3) is 0.286. The summed E-state index contributed by atoms with van der Waals surface area (Å²) in [4.78, 5) is 13.6. The minimum absolute atomic E-state index is 0.191. The highest BCUT2D eigenvalue weighted by atomic mass is 32.1. The lowest BCUT2D eigenvalue weighted by Gasteiger charge is -2.14. The van der Waals surface area contributed by atoms with Crippen LogP contribution in [0.4, 0.5) is 4.39 Å². The van der Waals surface area contributed by atoms with E-state index < -0.39 is 5.82 Å². The van der Waals surface area contributed by atoms with E-state index in [1.807, 2.05) is 26.0 Å². The summed E-state index contributed by atoms with van der Waals surface area (Å²) in [6, 6.07) is 7.04. The third kappa shape index (κ3) is 3.86. The van der Waals surface area contributed by atoms with Crippen molar-refractivity contribution in [3.63, 3.8) is 0 Å². The molecule has 6 nitrogen and oxygen atoms in total. The molecule has 0 spiro atoms. The molecule has 0 fully saturated rings. The molecule has 0 bridgehead atoms. The van der Waals surface area contributed by atoms with Crippen LogP contribution in [0.3, 0.4) is 0 Å². The minimum Gasteiger partial charge on any atom is -0.485 e. The van der Waals surface area contributed by atoms with Crippen LogP contribution in [0, 0.1) is 12.7 Å². The molecule has 2 aromatic carbocycles. The molecule has 0 aliphatic carbocycles. The number of aromatic nitrogens is 3. The fourth-order valence-corrected chi connectivity index (χ4v) is 4.12. The van der Waals surface area contributed by atoms with Crippen molar-refractivity contribution in [2.24, 2.45) is 0 Å². The topological polar surface area (TPSA) is 66.4 Å². The van der Waals surface area contributed by atoms with Crippen LogP contribution in [0.5, 0.6) is 11.6 Å². The second-order valence-electron chi connectivity index (χ2n) is 6.75. The van der Waals surface area contributed by atoms with E-state index in [0.29, 0.717) is 18.0 Å². The summed E-state index contributed by atoms with van der Waals surface area (Å²) in [5.74, 6) is 0.194. The number of hydrogen-bond acceptors (Lipinski definition) is 7. The van der Waals surface area contributed by atoms with Crippen molar-refractivity contribution in [3.05, 3.63) is 41.8 Å². The highest BCUT2D eigenvalue weighted by Crippen LogP contribution is 2.37. The number of ether oxygens (including phenoxy) is 3. The lowest BCUT2D eigenvalue weighted by Crippen LogP contribution is -2.18. The van der Waals surface area contributed by atoms with Gasteiger partial charge in [-0.2, -0.15) is 0 Å². The van der Waals surface area contributed by atoms with Gasteiger partial charge >= 0.3 is 0 Å². The second kappa shape index (κ2) is 7.88. The molecule has 0 N–H and O–H groups in total. The average Bonchev–Trinajstić information content (AvgIpc) is 3.09. The first-order valence-electron chi connectivity index (χ1n) is 9.06. The molecule has 0 aliphatic heterocycles. The van der Waals surface area contributed by atoms with E-state index in [9.17, 15) is 4.39 Å². The zero-order valence-electron chi connectivity index (χ0n) is 16.5. The van der Waals surface area contributed by atoms with Crippen molar-refractivity contribution >= 4 is 32.6 Å². The van der Waals surface area contributed by atoms with E-state index in [2.05, 4.69) is 15.0 Å². The Morgan fingerprint density at radius 1 is 1.10 bits per heavy atom. The zero-order chi connectivity index (χ0) is 20.5. The van der Waals surface area contributed by atoms with Gasteiger partial charge in [-0.15, -0.1) is 11.3 Å². The van der Waals surface area contributed by atoms with Gasteiger partial charge in [-0.05, 0) is 31.5 Å². The van der Waals surface area contributed by atoms with Crippen LogP contribution in [-0.4, -0.2) is 41.9 Å². The smallest absolute Gasteiger partial charge is 0.232 e. The van der Waals surface area contributed by atoms with Crippen molar-refractivity contribution < 1.29 is 18.6 Å². The molecule has 2 aromatic heterocycles. The summed E-state index contributed by atoms with van der Waals surface area (Å²) >= 11 is 1.46. The van der Waals surface area contributed by atoms with E-state index >= 15 is 0 Å². The average molecular weight is 413 g/mol. The van der Waals surface area contributed by atoms with Gasteiger partial charge in [0.25, 0.3) is 0 Å². The highest BCUT2D eigenvalue weighted by Gasteiger charge is 2.16. The van der Waals surface area contributed by atoms with Gasteiger partial charge in [-0.1, -0.05) is 0 Å². The van der Waals surface area contributed by atoms with Gasteiger partial charge in [0, 0.05) is 24.8 Å². The van der Waals surface area contributed by atoms with Gasteiger partial charge in [-0.25, -0.2) is 19.3 Å². The lowest BCUT2D eigenvalue weighted by molar-refractivity contribution is 0.0894. The number of rotatable bonds is 6. The van der Waals surface area contributed by atoms with Crippen molar-refractivity contribution in [3.8, 4) is 22.2 Å². The fourth-order valence-electron chi connectivity index (χ4n) is 3.13. The number of aryl methyl sites for hydroxylation is 1. The molecule has 29 heavy (non-hydrogen) atoms. The predicted molar refractivity (Wildman–Crippen MR) is 111 cm³/mol. The summed E-state index contributed by atoms with van der Waals surface area (Å²) in [5.41, 5.74) is 3.90. The van der Waals surface area contributed by atoms with Gasteiger partial charge in [0.2, 0.25) is 5.88 Å². The molecule has 4 rings (SSSR count). The molecule has 0 amide bonds. The zero-order valence-corrected chi connectivity index (χ0v) is 17.3. The third-order valence-corrected chi connectivity index (χ3v) is 5.43. The summed E-state index contributed by atoms with van der Waals surface area (Å²) < 4.78 is 31.2. The molecule has 1 atom stereocenters. The molecule has 150 valence electrons. The van der Waals surface area contributed by atoms with E-state index in [-0.39, 0.29) is 11.9 Å². The van der Waals surface area contributed by atoms with Crippen molar-refractivity contribution in [2.75, 3.05) is 20.8 Å². The first-order valence-corrected chi connectivity index (χ1v) is 9.87. The maximum atomic E-state index is 14.5. The Kier molecular flexibility index (Phi) is 5.29. The number of halogens is 1. The largest absolute Gasteiger partial charge is 0.485 e. The Hall–Kier alpha value is -2.84. The normalized spacial score (nSPS) is 12.4. The molecule has 4 aromatic rings. The maximum Gasteiger partial charge on any atom is 0.232 e. The molecule has 0 saturated carbocycles. The third-order valence-electron chi connectivity index (χ3n) is 4.38. The van der Waals surface area contributed by atoms with Crippen molar-refractivity contribution in [1.29, 1.82) is 0 Å². The second-order valence-corrected chi connectivity index (χ2v) is 7.78. The number of fused-ring (bicyclic) bond motifs is 2. The Morgan fingerprint density at radius 3 is 2.69 bits per heavy atom. The number of methoxy groups -OCH3 is 2. The molecule has 0 radical (unpaired) electrons. The summed E-state index contributed by atoms with van der Waals surface area (Å²) in [5, 5.41) is 0.745. The molecular formula is C21H20FN3O3S. The van der Waals surface area contributed by atoms with Crippen molar-refractivity contribution in [2.45, 2.75) is 20.0 Å². The molecule has 8 heteroatoms. The first-order chi connectivity index (χ1) is 14.0. The standard InChI is InChI=1S/C21H20FN3O3S/c1-11-5-13(20-16(6-11)24-19(27-4)9-23-20)21-25-15-7-14(22)17(8-18(15)29-21)28-12(2)10-26-3/h5-9,12H,10H2,1-4H3. The van der Waals surface area contributed by atoms with Crippen LogP contribution in [-0.2, 0) is 4.74 Å². The number of thiazole rings is 1. The van der Waals surface area contributed by atoms with Crippen molar-refractivity contribution in [1.82, 2.24) is 15.0 Å². The van der Waals surface area contributed by atoms with Crippen LogP contribution in [0.1, 0.15) is 12.5 Å². The first kappa shape index (κ1) is 19.5. The molecule has 1 unspecified atom stereocenters. The SMILES string of the molecule is COCC(C)Oc1cc2sc(-c3cc(C)cc4nc(OC)cnc34)nc2cc1F. The monoisotopic (exact) mass is 413 g/mol. The van der Waals surface area contributed by atoms with Gasteiger partial charge in [0.1, 0.15) is 11.1 Å². The predicted octanol–water partition coefficient (Wildman–Crippen LogP) is 4.78. The Labute approximate surface area is 171 Å². The van der Waals surface area contributed by atoms with Crippen LogP contribution in [0.25, 0.3) is 31.8 Å². The van der Waals surface area contributed by atoms with Crippen LogP contribution < -0.4 is 9.47 Å². The summed E-state index contributed by atoms with van der Waals surface area (Å²) in [6.45, 7) is 4.19. The molecule has 0 saturated heterocycles. The number of hydrogen-bond donors (Lipinski definition) is 0. The highest BCUT2D eigenvalue weighted by molar-refractivity contribution is 7.21. The molecule has 0 aliphatic rings. The van der Waals surface area contributed by atoms with Crippen LogP contribution >= 0.6 is 11.3 Å². The van der Waals surface area contributed by atoms with Gasteiger partial charge < -0.3 is 14.2 Å². The maximum absolute atomic E-state index is 14.5. The van der Waals surface area contributed by atoms with E-state index in [1.54, 1.807) is 26.5 Å². The van der Waals surface area contributed by atoms with E-state index in [1.165, 1.54) is 17.4 Å². The Bertz CT molecular complexity index is 1190. The van der Waals surface area contributed by atoms with Gasteiger partial charge in [0.05, 0.1) is 41.2 Å². The van der Waals surface area contributed by atoms with Crippen LogP contribution in [0.15, 0.2) is 30.5 Å². The van der Waals surface area contributed by atoms with E-state index in [0.717, 1.165) is 31.9 Å². The van der Waals surface area contributed by atoms with E-state index in [4.69, 9.17) is 14.2 Å².